The Kier molecular flexibility index (Phi) is 3.32. The van der Waals surface area contributed by atoms with Crippen molar-refractivity contribution in [1.29, 1.82) is 0 Å². The third-order valence-electron chi connectivity index (χ3n) is 3.08. The van der Waals surface area contributed by atoms with Gasteiger partial charge in [0, 0.05) is 29.9 Å². The summed E-state index contributed by atoms with van der Waals surface area (Å²) in [5.74, 6) is 2.28. The van der Waals surface area contributed by atoms with Crippen LogP contribution in [0.3, 0.4) is 0 Å². The highest BCUT2D eigenvalue weighted by Crippen LogP contribution is 2.29. The van der Waals surface area contributed by atoms with E-state index in [2.05, 4.69) is 15.3 Å². The lowest BCUT2D eigenvalue weighted by Gasteiger charge is -2.04. The van der Waals surface area contributed by atoms with E-state index in [0.29, 0.717) is 5.02 Å². The van der Waals surface area contributed by atoms with Gasteiger partial charge in [-0.05, 0) is 24.3 Å². The van der Waals surface area contributed by atoms with Gasteiger partial charge in [0.1, 0.15) is 22.9 Å². The van der Waals surface area contributed by atoms with Crippen LogP contribution in [0.5, 0.6) is 0 Å². The molecule has 0 radical (unpaired) electrons. The fourth-order valence-electron chi connectivity index (χ4n) is 2.05. The van der Waals surface area contributed by atoms with Crippen molar-refractivity contribution in [3.8, 4) is 11.5 Å². The van der Waals surface area contributed by atoms with E-state index in [-0.39, 0.29) is 0 Å². The van der Waals surface area contributed by atoms with E-state index in [0.717, 1.165) is 40.5 Å². The molecule has 0 saturated heterocycles. The van der Waals surface area contributed by atoms with Gasteiger partial charge in [-0.2, -0.15) is 0 Å². The Morgan fingerprint density at radius 1 is 1.20 bits per heavy atom. The van der Waals surface area contributed by atoms with Crippen LogP contribution in [0.2, 0.25) is 5.02 Å². The van der Waals surface area contributed by atoms with Crippen LogP contribution in [0.4, 0.5) is 5.82 Å². The number of furan rings is 1. The van der Waals surface area contributed by atoms with Crippen molar-refractivity contribution in [2.24, 2.45) is 0 Å². The number of nitrogens with one attached hydrogen (secondary N) is 1. The largest absolute Gasteiger partial charge is 0.454 e. The summed E-state index contributed by atoms with van der Waals surface area (Å²) in [6, 6.07) is 9.38. The second-order valence-electron chi connectivity index (χ2n) is 4.45. The van der Waals surface area contributed by atoms with Crippen molar-refractivity contribution in [2.75, 3.05) is 12.4 Å². The van der Waals surface area contributed by atoms with Crippen LogP contribution < -0.4 is 5.32 Å². The minimum atomic E-state index is 0.692. The summed E-state index contributed by atoms with van der Waals surface area (Å²) in [7, 11) is 1.84. The van der Waals surface area contributed by atoms with E-state index in [1.807, 2.05) is 44.3 Å². The summed E-state index contributed by atoms with van der Waals surface area (Å²) >= 11 is 5.99. The van der Waals surface area contributed by atoms with Crippen LogP contribution in [-0.2, 0) is 6.42 Å². The summed E-state index contributed by atoms with van der Waals surface area (Å²) in [6.07, 6.45) is 0.772. The van der Waals surface area contributed by atoms with Gasteiger partial charge in [0.15, 0.2) is 5.76 Å². The normalized spacial score (nSPS) is 10.9. The van der Waals surface area contributed by atoms with Crippen LogP contribution >= 0.6 is 11.6 Å². The number of nitrogens with zero attached hydrogens (tertiary/aromatic N) is 2. The van der Waals surface area contributed by atoms with Crippen LogP contribution in [0, 0.1) is 0 Å². The molecule has 20 heavy (non-hydrogen) atoms. The van der Waals surface area contributed by atoms with Gasteiger partial charge in [0.2, 0.25) is 0 Å². The number of hydrogen-bond donors (Lipinski definition) is 1. The molecule has 5 heteroatoms. The fraction of sp³-hybridized carbons (Fsp3) is 0.200. The van der Waals surface area contributed by atoms with E-state index in [1.54, 1.807) is 0 Å². The van der Waals surface area contributed by atoms with Crippen molar-refractivity contribution in [2.45, 2.75) is 13.3 Å². The van der Waals surface area contributed by atoms with E-state index in [9.17, 15) is 0 Å². The first-order chi connectivity index (χ1) is 9.69. The number of halogens is 1. The van der Waals surface area contributed by atoms with Crippen LogP contribution in [0.1, 0.15) is 12.7 Å². The van der Waals surface area contributed by atoms with Crippen LogP contribution in [0.15, 0.2) is 34.7 Å². The Labute approximate surface area is 121 Å². The summed E-state index contributed by atoms with van der Waals surface area (Å²) in [4.78, 5) is 8.89. The minimum Gasteiger partial charge on any atom is -0.454 e. The van der Waals surface area contributed by atoms with Gasteiger partial charge in [0.25, 0.3) is 0 Å². The maximum Gasteiger partial charge on any atom is 0.154 e. The molecule has 4 nitrogen and oxygen atoms in total. The molecule has 1 aromatic carbocycles. The summed E-state index contributed by atoms with van der Waals surface area (Å²) in [5.41, 5.74) is 1.57. The van der Waals surface area contributed by atoms with Gasteiger partial charge in [0.05, 0.1) is 0 Å². The topological polar surface area (TPSA) is 51.0 Å². The SMILES string of the molecule is CCc1nc(NC)cc(-c2cc3cc(Cl)ccc3o2)n1. The molecule has 2 aromatic heterocycles. The maximum atomic E-state index is 5.99. The Hall–Kier alpha value is -2.07. The number of aryl methyl sites for hydroxylation is 1. The molecule has 0 saturated carbocycles. The van der Waals surface area contributed by atoms with Gasteiger partial charge in [-0.3, -0.25) is 0 Å². The molecule has 3 aromatic rings. The third-order valence-corrected chi connectivity index (χ3v) is 3.31. The molecule has 1 N–H and O–H groups in total. The fourth-order valence-corrected chi connectivity index (χ4v) is 2.23. The molecular weight excluding hydrogens is 274 g/mol. The van der Waals surface area contributed by atoms with Gasteiger partial charge in [-0.15, -0.1) is 0 Å². The second-order valence-corrected chi connectivity index (χ2v) is 4.89. The van der Waals surface area contributed by atoms with Gasteiger partial charge >= 0.3 is 0 Å². The Morgan fingerprint density at radius 2 is 2.05 bits per heavy atom. The molecule has 0 atom stereocenters. The van der Waals surface area contributed by atoms with Gasteiger partial charge in [-0.1, -0.05) is 18.5 Å². The lowest BCUT2D eigenvalue weighted by Crippen LogP contribution is -2.00. The predicted molar refractivity (Wildman–Crippen MR) is 81.2 cm³/mol. The second kappa shape index (κ2) is 5.13. The maximum absolute atomic E-state index is 5.99. The first-order valence-corrected chi connectivity index (χ1v) is 6.82. The first-order valence-electron chi connectivity index (χ1n) is 6.45. The highest BCUT2D eigenvalue weighted by molar-refractivity contribution is 6.31. The molecule has 0 unspecified atom stereocenters. The monoisotopic (exact) mass is 287 g/mol. The van der Waals surface area contributed by atoms with Gasteiger partial charge in [-0.25, -0.2) is 9.97 Å². The van der Waals surface area contributed by atoms with Crippen molar-refractivity contribution in [3.63, 3.8) is 0 Å². The van der Waals surface area contributed by atoms with E-state index >= 15 is 0 Å². The van der Waals surface area contributed by atoms with E-state index < -0.39 is 0 Å². The molecule has 0 amide bonds. The van der Waals surface area contributed by atoms with Crippen molar-refractivity contribution < 1.29 is 4.42 Å². The molecule has 0 bridgehead atoms. The molecule has 0 aliphatic carbocycles. The highest BCUT2D eigenvalue weighted by atomic mass is 35.5. The number of benzene rings is 1. The molecule has 0 aliphatic heterocycles. The van der Waals surface area contributed by atoms with Crippen molar-refractivity contribution in [1.82, 2.24) is 9.97 Å². The average Bonchev–Trinajstić information content (AvgIpc) is 2.89. The smallest absolute Gasteiger partial charge is 0.154 e. The molecular formula is C15H14ClN3O. The molecule has 0 spiro atoms. The number of aromatic nitrogens is 2. The number of fused-ring (bicyclic) bond motifs is 1. The summed E-state index contributed by atoms with van der Waals surface area (Å²) in [5, 5.41) is 4.70. The molecule has 3 rings (SSSR count). The molecule has 0 fully saturated rings. The lowest BCUT2D eigenvalue weighted by molar-refractivity contribution is 0.627. The van der Waals surface area contributed by atoms with E-state index in [4.69, 9.17) is 16.0 Å². The summed E-state index contributed by atoms with van der Waals surface area (Å²) in [6.45, 7) is 2.02. The third kappa shape index (κ3) is 2.34. The lowest BCUT2D eigenvalue weighted by atomic mass is 10.2. The standard InChI is InChI=1S/C15H14ClN3O/c1-3-14-18-11(8-15(17-2)19-14)13-7-9-6-10(16)4-5-12(9)20-13/h4-8H,3H2,1-2H3,(H,17,18,19). The molecule has 0 aliphatic rings. The average molecular weight is 288 g/mol. The number of rotatable bonds is 3. The van der Waals surface area contributed by atoms with Crippen molar-refractivity contribution in [3.05, 3.63) is 41.2 Å². The summed E-state index contributed by atoms with van der Waals surface area (Å²) < 4.78 is 5.83. The first kappa shape index (κ1) is 12.9. The minimum absolute atomic E-state index is 0.692. The van der Waals surface area contributed by atoms with E-state index in [1.165, 1.54) is 0 Å². The zero-order chi connectivity index (χ0) is 14.1. The van der Waals surface area contributed by atoms with Crippen LogP contribution in [-0.4, -0.2) is 17.0 Å². The highest BCUT2D eigenvalue weighted by Gasteiger charge is 2.10. The molecule has 2 heterocycles. The quantitative estimate of drug-likeness (QED) is 0.786. The zero-order valence-corrected chi connectivity index (χ0v) is 12.0. The van der Waals surface area contributed by atoms with Crippen molar-refractivity contribution >= 4 is 28.4 Å². The van der Waals surface area contributed by atoms with Gasteiger partial charge < -0.3 is 9.73 Å². The van der Waals surface area contributed by atoms with Crippen LogP contribution in [0.25, 0.3) is 22.4 Å². The predicted octanol–water partition coefficient (Wildman–Crippen LogP) is 4.15. The Morgan fingerprint density at radius 3 is 2.80 bits per heavy atom. The molecule has 102 valence electrons. The number of anilines is 1. The Bertz CT molecular complexity index is 745. The number of hydrogen-bond acceptors (Lipinski definition) is 4. The zero-order valence-electron chi connectivity index (χ0n) is 11.3. The Balaban J connectivity index is 2.14.